The predicted octanol–water partition coefficient (Wildman–Crippen LogP) is 2.99. The summed E-state index contributed by atoms with van der Waals surface area (Å²) in [5, 5.41) is 7.59. The first-order valence-corrected chi connectivity index (χ1v) is 5.37. The van der Waals surface area contributed by atoms with E-state index in [2.05, 4.69) is 10.4 Å². The number of aromatic amines is 1. The number of rotatable bonds is 2. The highest BCUT2D eigenvalue weighted by atomic mass is 19.4. The second kappa shape index (κ2) is 4.75. The van der Waals surface area contributed by atoms with Gasteiger partial charge >= 0.3 is 6.18 Å². The number of hydrogen-bond acceptors (Lipinski definition) is 2. The van der Waals surface area contributed by atoms with Crippen molar-refractivity contribution in [3.05, 3.63) is 47.3 Å². The first kappa shape index (κ1) is 13.1. The molecule has 0 saturated carbocycles. The lowest BCUT2D eigenvalue weighted by molar-refractivity contribution is -0.141. The van der Waals surface area contributed by atoms with E-state index in [1.807, 2.05) is 6.92 Å². The van der Waals surface area contributed by atoms with E-state index in [9.17, 15) is 18.0 Å². The Balaban J connectivity index is 2.12. The Hall–Kier alpha value is -2.31. The van der Waals surface area contributed by atoms with Crippen LogP contribution in [0.5, 0.6) is 0 Å². The van der Waals surface area contributed by atoms with E-state index < -0.39 is 17.8 Å². The van der Waals surface area contributed by atoms with Crippen molar-refractivity contribution in [1.82, 2.24) is 10.2 Å². The first-order chi connectivity index (χ1) is 8.86. The minimum absolute atomic E-state index is 0.312. The number of aryl methyl sites for hydroxylation is 1. The van der Waals surface area contributed by atoms with Crippen LogP contribution in [0.1, 0.15) is 21.7 Å². The van der Waals surface area contributed by atoms with E-state index in [-0.39, 0.29) is 5.69 Å². The Morgan fingerprint density at radius 2 is 1.89 bits per heavy atom. The van der Waals surface area contributed by atoms with Crippen molar-refractivity contribution in [3.63, 3.8) is 0 Å². The smallest absolute Gasteiger partial charge is 0.321 e. The van der Waals surface area contributed by atoms with Gasteiger partial charge in [0.15, 0.2) is 5.69 Å². The maximum Gasteiger partial charge on any atom is 0.432 e. The molecule has 4 nitrogen and oxygen atoms in total. The molecule has 2 aromatic rings. The second-order valence-electron chi connectivity index (χ2n) is 3.98. The molecule has 7 heteroatoms. The Bertz CT molecular complexity index is 587. The number of aromatic nitrogens is 2. The van der Waals surface area contributed by atoms with Crippen LogP contribution in [0, 0.1) is 6.92 Å². The molecule has 0 spiro atoms. The zero-order chi connectivity index (χ0) is 14.0. The van der Waals surface area contributed by atoms with Crippen LogP contribution in [0.25, 0.3) is 0 Å². The predicted molar refractivity (Wildman–Crippen MR) is 62.7 cm³/mol. The fourth-order valence-corrected chi connectivity index (χ4v) is 1.42. The van der Waals surface area contributed by atoms with Gasteiger partial charge in [0.2, 0.25) is 0 Å². The molecule has 1 heterocycles. The molecule has 0 bridgehead atoms. The number of halogens is 3. The highest BCUT2D eigenvalue weighted by molar-refractivity contribution is 6.02. The monoisotopic (exact) mass is 269 g/mol. The third-order valence-corrected chi connectivity index (χ3v) is 2.43. The van der Waals surface area contributed by atoms with Crippen LogP contribution in [0.2, 0.25) is 0 Å². The van der Waals surface area contributed by atoms with Gasteiger partial charge in [-0.05, 0) is 19.1 Å². The van der Waals surface area contributed by atoms with E-state index in [0.29, 0.717) is 11.8 Å². The first-order valence-electron chi connectivity index (χ1n) is 5.37. The summed E-state index contributed by atoms with van der Waals surface area (Å²) in [4.78, 5) is 11.7. The van der Waals surface area contributed by atoms with Crippen molar-refractivity contribution in [2.45, 2.75) is 13.1 Å². The highest BCUT2D eigenvalue weighted by Crippen LogP contribution is 2.27. The lowest BCUT2D eigenvalue weighted by atomic mass is 10.2. The number of H-pyrrole nitrogens is 1. The number of alkyl halides is 3. The van der Waals surface area contributed by atoms with Gasteiger partial charge in [0.25, 0.3) is 5.91 Å². The summed E-state index contributed by atoms with van der Waals surface area (Å²) in [6.07, 6.45) is -4.55. The van der Waals surface area contributed by atoms with Gasteiger partial charge in [-0.25, -0.2) is 0 Å². The molecule has 0 aliphatic carbocycles. The van der Waals surface area contributed by atoms with Gasteiger partial charge in [-0.2, -0.15) is 18.3 Å². The van der Waals surface area contributed by atoms with E-state index in [1.165, 1.54) is 0 Å². The van der Waals surface area contributed by atoms with Gasteiger partial charge < -0.3 is 5.32 Å². The zero-order valence-corrected chi connectivity index (χ0v) is 9.88. The highest BCUT2D eigenvalue weighted by Gasteiger charge is 2.33. The van der Waals surface area contributed by atoms with Gasteiger partial charge in [0, 0.05) is 11.8 Å². The summed E-state index contributed by atoms with van der Waals surface area (Å²) < 4.78 is 37.0. The molecular weight excluding hydrogens is 259 g/mol. The number of nitrogens with zero attached hydrogens (tertiary/aromatic N) is 1. The van der Waals surface area contributed by atoms with E-state index in [0.717, 1.165) is 5.56 Å². The molecule has 0 fully saturated rings. The van der Waals surface area contributed by atoms with Gasteiger partial charge in [0.1, 0.15) is 5.69 Å². The zero-order valence-electron chi connectivity index (χ0n) is 9.88. The number of nitrogens with one attached hydrogen (secondary N) is 2. The SMILES string of the molecule is Cc1ccc(NC(=O)c2cc(C(F)(F)F)[nH]n2)cc1. The molecule has 1 amide bonds. The third-order valence-electron chi connectivity index (χ3n) is 2.43. The van der Waals surface area contributed by atoms with Crippen LogP contribution in [0.3, 0.4) is 0 Å². The van der Waals surface area contributed by atoms with Gasteiger partial charge in [0.05, 0.1) is 0 Å². The maximum atomic E-state index is 12.3. The van der Waals surface area contributed by atoms with Crippen molar-refractivity contribution in [2.24, 2.45) is 0 Å². The molecule has 0 saturated heterocycles. The summed E-state index contributed by atoms with van der Waals surface area (Å²) in [5.41, 5.74) is 0.138. The van der Waals surface area contributed by atoms with Crippen LogP contribution in [0.15, 0.2) is 30.3 Å². The molecule has 0 atom stereocenters. The molecule has 2 N–H and O–H groups in total. The number of benzene rings is 1. The molecule has 19 heavy (non-hydrogen) atoms. The number of anilines is 1. The maximum absolute atomic E-state index is 12.3. The van der Waals surface area contributed by atoms with Crippen molar-refractivity contribution in [1.29, 1.82) is 0 Å². The van der Waals surface area contributed by atoms with Crippen LogP contribution in [-0.4, -0.2) is 16.1 Å². The van der Waals surface area contributed by atoms with Crippen LogP contribution >= 0.6 is 0 Å². The number of amides is 1. The minimum atomic E-state index is -4.55. The molecule has 0 radical (unpaired) electrons. The van der Waals surface area contributed by atoms with E-state index in [1.54, 1.807) is 29.4 Å². The Morgan fingerprint density at radius 1 is 1.26 bits per heavy atom. The van der Waals surface area contributed by atoms with Crippen LogP contribution in [-0.2, 0) is 6.18 Å². The standard InChI is InChI=1S/C12H10F3N3O/c1-7-2-4-8(5-3-7)16-11(19)9-6-10(18-17-9)12(13,14)15/h2-6H,1H3,(H,16,19)(H,17,18). The normalized spacial score (nSPS) is 11.4. The van der Waals surface area contributed by atoms with E-state index >= 15 is 0 Å². The van der Waals surface area contributed by atoms with Crippen molar-refractivity contribution in [3.8, 4) is 0 Å². The molecule has 0 unspecified atom stereocenters. The number of hydrogen-bond donors (Lipinski definition) is 2. The van der Waals surface area contributed by atoms with Crippen molar-refractivity contribution in [2.75, 3.05) is 5.32 Å². The van der Waals surface area contributed by atoms with Crippen molar-refractivity contribution < 1.29 is 18.0 Å². The number of carbonyl (C=O) groups excluding carboxylic acids is 1. The van der Waals surface area contributed by atoms with Gasteiger partial charge in [-0.1, -0.05) is 17.7 Å². The topological polar surface area (TPSA) is 57.8 Å². The molecule has 2 rings (SSSR count). The Morgan fingerprint density at radius 3 is 2.42 bits per heavy atom. The summed E-state index contributed by atoms with van der Waals surface area (Å²) >= 11 is 0. The van der Waals surface area contributed by atoms with Gasteiger partial charge in [-0.3, -0.25) is 9.89 Å². The summed E-state index contributed by atoms with van der Waals surface area (Å²) in [5.74, 6) is -0.699. The van der Waals surface area contributed by atoms with E-state index in [4.69, 9.17) is 0 Å². The molecule has 1 aromatic heterocycles. The summed E-state index contributed by atoms with van der Waals surface area (Å²) in [6, 6.07) is 7.54. The molecule has 1 aromatic carbocycles. The Kier molecular flexibility index (Phi) is 3.28. The minimum Gasteiger partial charge on any atom is -0.321 e. The lowest BCUT2D eigenvalue weighted by Crippen LogP contribution is -2.12. The van der Waals surface area contributed by atoms with Crippen LogP contribution < -0.4 is 5.32 Å². The summed E-state index contributed by atoms with van der Waals surface area (Å²) in [6.45, 7) is 1.88. The fourth-order valence-electron chi connectivity index (χ4n) is 1.42. The largest absolute Gasteiger partial charge is 0.432 e. The molecular formula is C12H10F3N3O. The molecule has 0 aliphatic heterocycles. The molecule has 100 valence electrons. The summed E-state index contributed by atoms with van der Waals surface area (Å²) in [7, 11) is 0. The molecule has 0 aliphatic rings. The van der Waals surface area contributed by atoms with Crippen molar-refractivity contribution >= 4 is 11.6 Å². The Labute approximate surface area is 106 Å². The average molecular weight is 269 g/mol. The van der Waals surface area contributed by atoms with Gasteiger partial charge in [-0.15, -0.1) is 0 Å². The quantitative estimate of drug-likeness (QED) is 0.880. The average Bonchev–Trinajstić information content (AvgIpc) is 2.81. The van der Waals surface area contributed by atoms with Crippen LogP contribution in [0.4, 0.5) is 18.9 Å². The number of carbonyl (C=O) groups is 1. The third kappa shape index (κ3) is 3.12. The lowest BCUT2D eigenvalue weighted by Gasteiger charge is -2.03. The second-order valence-corrected chi connectivity index (χ2v) is 3.98. The fraction of sp³-hybridized carbons (Fsp3) is 0.167.